The van der Waals surface area contributed by atoms with Crippen LogP contribution in [0.25, 0.3) is 11.2 Å². The molecule has 0 unspecified atom stereocenters. The molecule has 2 aromatic heterocycles. The Balaban J connectivity index is 1.86. The zero-order chi connectivity index (χ0) is 13.2. The number of nitrogens with one attached hydrogen (secondary N) is 1. The van der Waals surface area contributed by atoms with Crippen LogP contribution in [0, 0.1) is 11.6 Å². The molecule has 0 atom stereocenters. The molecule has 0 bridgehead atoms. The molecular formula is C12H8F2N4S. The van der Waals surface area contributed by atoms with Gasteiger partial charge in [-0.2, -0.15) is 0 Å². The first-order chi connectivity index (χ1) is 9.24. The number of aromatic nitrogens is 4. The molecular weight excluding hydrogens is 270 g/mol. The molecule has 0 saturated heterocycles. The molecule has 0 amide bonds. The Morgan fingerprint density at radius 2 is 2.05 bits per heavy atom. The van der Waals surface area contributed by atoms with Crippen molar-refractivity contribution in [2.45, 2.75) is 10.8 Å². The molecule has 7 heteroatoms. The summed E-state index contributed by atoms with van der Waals surface area (Å²) in [7, 11) is 0. The Kier molecular flexibility index (Phi) is 3.12. The molecule has 0 fully saturated rings. The minimum absolute atomic E-state index is 0.286. The number of hydrogen-bond acceptors (Lipinski definition) is 4. The van der Waals surface area contributed by atoms with Crippen molar-refractivity contribution in [1.82, 2.24) is 19.9 Å². The number of fused-ring (bicyclic) bond motifs is 1. The predicted octanol–water partition coefficient (Wildman–Crippen LogP) is 2.92. The van der Waals surface area contributed by atoms with Crippen LogP contribution in [0.2, 0.25) is 0 Å². The normalized spacial score (nSPS) is 11.1. The lowest BCUT2D eigenvalue weighted by Gasteiger charge is -2.03. The van der Waals surface area contributed by atoms with Crippen LogP contribution < -0.4 is 0 Å². The predicted molar refractivity (Wildman–Crippen MR) is 67.6 cm³/mol. The summed E-state index contributed by atoms with van der Waals surface area (Å²) in [5, 5.41) is 0.658. The van der Waals surface area contributed by atoms with Gasteiger partial charge in [0.05, 0.1) is 6.33 Å². The van der Waals surface area contributed by atoms with Crippen molar-refractivity contribution in [3.8, 4) is 0 Å². The summed E-state index contributed by atoms with van der Waals surface area (Å²) in [5.74, 6) is -0.593. The topological polar surface area (TPSA) is 54.5 Å². The van der Waals surface area contributed by atoms with Crippen molar-refractivity contribution < 1.29 is 8.78 Å². The Hall–Kier alpha value is -2.02. The summed E-state index contributed by atoms with van der Waals surface area (Å²) in [5.41, 5.74) is 1.55. The molecule has 0 aliphatic heterocycles. The van der Waals surface area contributed by atoms with Crippen LogP contribution in [-0.4, -0.2) is 19.9 Å². The lowest BCUT2D eigenvalue weighted by atomic mass is 10.2. The molecule has 0 aliphatic carbocycles. The number of aromatic amines is 1. The van der Waals surface area contributed by atoms with Crippen molar-refractivity contribution in [2.24, 2.45) is 0 Å². The fourth-order valence-corrected chi connectivity index (χ4v) is 2.58. The van der Waals surface area contributed by atoms with Gasteiger partial charge in [-0.15, -0.1) is 0 Å². The Bertz CT molecular complexity index is 729. The Morgan fingerprint density at radius 1 is 1.16 bits per heavy atom. The third-order valence-electron chi connectivity index (χ3n) is 2.56. The molecule has 0 spiro atoms. The molecule has 2 heterocycles. The minimum Gasteiger partial charge on any atom is -0.341 e. The van der Waals surface area contributed by atoms with Crippen LogP contribution in [0.1, 0.15) is 5.56 Å². The van der Waals surface area contributed by atoms with Crippen LogP contribution in [-0.2, 0) is 5.75 Å². The van der Waals surface area contributed by atoms with E-state index in [0.717, 1.165) is 12.1 Å². The first-order valence-electron chi connectivity index (χ1n) is 5.45. The first-order valence-corrected chi connectivity index (χ1v) is 6.43. The maximum atomic E-state index is 13.5. The summed E-state index contributed by atoms with van der Waals surface area (Å²) in [6.45, 7) is 0. The fourth-order valence-electron chi connectivity index (χ4n) is 1.65. The first kappa shape index (κ1) is 12.0. The van der Waals surface area contributed by atoms with Gasteiger partial charge in [-0.25, -0.2) is 23.7 Å². The quantitative estimate of drug-likeness (QED) is 0.591. The lowest BCUT2D eigenvalue weighted by molar-refractivity contribution is 0.591. The highest BCUT2D eigenvalue weighted by molar-refractivity contribution is 7.98. The molecule has 0 radical (unpaired) electrons. The highest BCUT2D eigenvalue weighted by Gasteiger charge is 2.09. The third kappa shape index (κ3) is 2.41. The van der Waals surface area contributed by atoms with Crippen molar-refractivity contribution >= 4 is 22.9 Å². The second kappa shape index (κ2) is 4.93. The maximum absolute atomic E-state index is 13.5. The van der Waals surface area contributed by atoms with Gasteiger partial charge < -0.3 is 4.98 Å². The molecule has 3 rings (SSSR count). The smallest absolute Gasteiger partial charge is 0.181 e. The lowest BCUT2D eigenvalue weighted by Crippen LogP contribution is -1.91. The van der Waals surface area contributed by atoms with E-state index in [1.54, 1.807) is 0 Å². The van der Waals surface area contributed by atoms with Crippen LogP contribution in [0.5, 0.6) is 0 Å². The van der Waals surface area contributed by atoms with E-state index in [9.17, 15) is 8.78 Å². The summed E-state index contributed by atoms with van der Waals surface area (Å²) >= 11 is 1.30. The van der Waals surface area contributed by atoms with Gasteiger partial charge in [0.15, 0.2) is 5.65 Å². The zero-order valence-electron chi connectivity index (χ0n) is 9.60. The molecule has 1 N–H and O–H groups in total. The van der Waals surface area contributed by atoms with Gasteiger partial charge in [-0.05, 0) is 18.2 Å². The molecule has 96 valence electrons. The van der Waals surface area contributed by atoms with Gasteiger partial charge in [0.1, 0.15) is 28.5 Å². The van der Waals surface area contributed by atoms with Gasteiger partial charge in [-0.1, -0.05) is 11.8 Å². The number of rotatable bonds is 3. The zero-order valence-corrected chi connectivity index (χ0v) is 10.4. The van der Waals surface area contributed by atoms with Gasteiger partial charge in [-0.3, -0.25) is 0 Å². The number of benzene rings is 1. The molecule has 4 nitrogen and oxygen atoms in total. The second-order valence-corrected chi connectivity index (χ2v) is 4.77. The summed E-state index contributed by atoms with van der Waals surface area (Å²) in [6, 6.07) is 3.41. The largest absolute Gasteiger partial charge is 0.341 e. The van der Waals surface area contributed by atoms with Crippen LogP contribution in [0.4, 0.5) is 8.78 Å². The summed E-state index contributed by atoms with van der Waals surface area (Å²) in [6.07, 6.45) is 2.92. The van der Waals surface area contributed by atoms with Crippen LogP contribution in [0.15, 0.2) is 35.9 Å². The van der Waals surface area contributed by atoms with E-state index >= 15 is 0 Å². The second-order valence-electron chi connectivity index (χ2n) is 3.80. The molecule has 0 aliphatic rings. The molecule has 3 aromatic rings. The van der Waals surface area contributed by atoms with Gasteiger partial charge >= 0.3 is 0 Å². The average molecular weight is 278 g/mol. The number of halogens is 2. The van der Waals surface area contributed by atoms with E-state index in [1.807, 2.05) is 0 Å². The Labute approximate surface area is 111 Å². The van der Waals surface area contributed by atoms with Crippen LogP contribution in [0.3, 0.4) is 0 Å². The molecule has 0 saturated carbocycles. The number of imidazole rings is 1. The average Bonchev–Trinajstić information content (AvgIpc) is 2.88. The SMILES string of the molecule is Fc1ccc(F)c(CSc2ncnc3nc[nH]c23)c1. The van der Waals surface area contributed by atoms with E-state index < -0.39 is 11.6 Å². The minimum atomic E-state index is -0.452. The monoisotopic (exact) mass is 278 g/mol. The van der Waals surface area contributed by atoms with Crippen molar-refractivity contribution in [3.63, 3.8) is 0 Å². The number of hydrogen-bond donors (Lipinski definition) is 1. The van der Waals surface area contributed by atoms with Gasteiger partial charge in [0, 0.05) is 11.3 Å². The van der Waals surface area contributed by atoms with E-state index in [0.29, 0.717) is 21.8 Å². The third-order valence-corrected chi connectivity index (χ3v) is 3.60. The Morgan fingerprint density at radius 3 is 2.95 bits per heavy atom. The van der Waals surface area contributed by atoms with Gasteiger partial charge in [0.25, 0.3) is 0 Å². The van der Waals surface area contributed by atoms with Gasteiger partial charge in [0.2, 0.25) is 0 Å². The van der Waals surface area contributed by atoms with Crippen molar-refractivity contribution in [1.29, 1.82) is 0 Å². The van der Waals surface area contributed by atoms with E-state index in [-0.39, 0.29) is 5.75 Å². The van der Waals surface area contributed by atoms with Crippen molar-refractivity contribution in [2.75, 3.05) is 0 Å². The maximum Gasteiger partial charge on any atom is 0.181 e. The number of nitrogens with zero attached hydrogens (tertiary/aromatic N) is 3. The number of thioether (sulfide) groups is 1. The van der Waals surface area contributed by atoms with E-state index in [1.165, 1.54) is 30.5 Å². The number of H-pyrrole nitrogens is 1. The van der Waals surface area contributed by atoms with E-state index in [4.69, 9.17) is 0 Å². The molecule has 19 heavy (non-hydrogen) atoms. The fraction of sp³-hybridized carbons (Fsp3) is 0.0833. The van der Waals surface area contributed by atoms with Crippen molar-refractivity contribution in [3.05, 3.63) is 48.1 Å². The highest BCUT2D eigenvalue weighted by Crippen LogP contribution is 2.26. The van der Waals surface area contributed by atoms with Crippen LogP contribution >= 0.6 is 11.8 Å². The van der Waals surface area contributed by atoms with E-state index in [2.05, 4.69) is 19.9 Å². The highest BCUT2D eigenvalue weighted by atomic mass is 32.2. The standard InChI is InChI=1S/C12H8F2N4S/c13-8-1-2-9(14)7(3-8)4-19-12-10-11(16-5-15-10)17-6-18-12/h1-3,5-6H,4H2,(H,15,16,17,18). The summed E-state index contributed by atoms with van der Waals surface area (Å²) < 4.78 is 26.6. The molecule has 1 aromatic carbocycles. The summed E-state index contributed by atoms with van der Waals surface area (Å²) in [4.78, 5) is 15.0.